The molecule has 0 amide bonds. The van der Waals surface area contributed by atoms with Gasteiger partial charge in [-0.25, -0.2) is 0 Å². The predicted octanol–water partition coefficient (Wildman–Crippen LogP) is 5.12. The van der Waals surface area contributed by atoms with Crippen molar-refractivity contribution in [3.63, 3.8) is 0 Å². The molecule has 0 aliphatic heterocycles. The number of anilines is 1. The maximum absolute atomic E-state index is 5.52. The van der Waals surface area contributed by atoms with E-state index in [1.807, 2.05) is 25.2 Å². The number of thiocarbonyl (C=S) groups is 1. The van der Waals surface area contributed by atoms with E-state index in [9.17, 15) is 0 Å². The summed E-state index contributed by atoms with van der Waals surface area (Å²) in [4.78, 5) is 2.06. The van der Waals surface area contributed by atoms with Crippen molar-refractivity contribution >= 4 is 23.0 Å². The van der Waals surface area contributed by atoms with Crippen LogP contribution in [-0.2, 0) is 12.0 Å². The smallest absolute Gasteiger partial charge is 0.173 e. The maximum atomic E-state index is 5.52. The molecule has 0 heterocycles. The highest BCUT2D eigenvalue weighted by Gasteiger charge is 2.13. The molecule has 0 fully saturated rings. The van der Waals surface area contributed by atoms with Gasteiger partial charge in [0.25, 0.3) is 0 Å². The Labute approximate surface area is 145 Å². The number of para-hydroxylation sites is 1. The van der Waals surface area contributed by atoms with Crippen LogP contribution in [0.5, 0.6) is 0 Å². The van der Waals surface area contributed by atoms with E-state index < -0.39 is 0 Å². The fourth-order valence-corrected chi connectivity index (χ4v) is 2.55. The van der Waals surface area contributed by atoms with Crippen LogP contribution in [0, 0.1) is 6.92 Å². The standard InChI is InChI=1S/C20H26N2S/c1-15-8-6-7-9-18(15)21-19(23)22(5)14-16-10-12-17(13-11-16)20(2,3)4/h6-13H,14H2,1-5H3,(H,21,23). The summed E-state index contributed by atoms with van der Waals surface area (Å²) in [5.41, 5.74) is 5.05. The fraction of sp³-hybridized carbons (Fsp3) is 0.350. The first-order chi connectivity index (χ1) is 10.8. The number of nitrogens with one attached hydrogen (secondary N) is 1. The highest BCUT2D eigenvalue weighted by atomic mass is 32.1. The minimum Gasteiger partial charge on any atom is -0.348 e. The quantitative estimate of drug-likeness (QED) is 0.788. The van der Waals surface area contributed by atoms with Gasteiger partial charge in [-0.2, -0.15) is 0 Å². The van der Waals surface area contributed by atoms with Crippen molar-refractivity contribution in [3.8, 4) is 0 Å². The van der Waals surface area contributed by atoms with Crippen LogP contribution >= 0.6 is 12.2 Å². The molecule has 0 spiro atoms. The zero-order chi connectivity index (χ0) is 17.0. The van der Waals surface area contributed by atoms with E-state index >= 15 is 0 Å². The average Bonchev–Trinajstić information content (AvgIpc) is 2.49. The number of aryl methyl sites for hydroxylation is 1. The lowest BCUT2D eigenvalue weighted by Crippen LogP contribution is -2.30. The van der Waals surface area contributed by atoms with Crippen molar-refractivity contribution in [3.05, 3.63) is 65.2 Å². The van der Waals surface area contributed by atoms with E-state index in [0.717, 1.165) is 17.3 Å². The average molecular weight is 327 g/mol. The van der Waals surface area contributed by atoms with Crippen molar-refractivity contribution in [1.29, 1.82) is 0 Å². The van der Waals surface area contributed by atoms with E-state index in [1.54, 1.807) is 0 Å². The van der Waals surface area contributed by atoms with Crippen LogP contribution in [0.1, 0.15) is 37.5 Å². The molecule has 2 rings (SSSR count). The van der Waals surface area contributed by atoms with Crippen molar-refractivity contribution in [1.82, 2.24) is 4.90 Å². The van der Waals surface area contributed by atoms with Crippen LogP contribution in [0.2, 0.25) is 0 Å². The first-order valence-electron chi connectivity index (χ1n) is 7.94. The van der Waals surface area contributed by atoms with Gasteiger partial charge in [0.05, 0.1) is 0 Å². The second kappa shape index (κ2) is 7.14. The Morgan fingerprint density at radius 2 is 1.65 bits per heavy atom. The topological polar surface area (TPSA) is 15.3 Å². The van der Waals surface area contributed by atoms with E-state index in [2.05, 4.69) is 68.2 Å². The summed E-state index contributed by atoms with van der Waals surface area (Å²) in [5.74, 6) is 0. The van der Waals surface area contributed by atoms with Gasteiger partial charge in [0, 0.05) is 19.3 Å². The molecule has 2 aromatic carbocycles. The number of hydrogen-bond donors (Lipinski definition) is 1. The van der Waals surface area contributed by atoms with E-state index in [-0.39, 0.29) is 5.41 Å². The Morgan fingerprint density at radius 3 is 2.22 bits per heavy atom. The second-order valence-electron chi connectivity index (χ2n) is 7.05. The van der Waals surface area contributed by atoms with Gasteiger partial charge in [-0.15, -0.1) is 0 Å². The Kier molecular flexibility index (Phi) is 5.42. The summed E-state index contributed by atoms with van der Waals surface area (Å²) in [5, 5.41) is 4.06. The molecule has 2 nitrogen and oxygen atoms in total. The summed E-state index contributed by atoms with van der Waals surface area (Å²) in [7, 11) is 2.02. The molecule has 0 saturated carbocycles. The summed E-state index contributed by atoms with van der Waals surface area (Å²) in [6, 6.07) is 17.0. The highest BCUT2D eigenvalue weighted by Crippen LogP contribution is 2.22. The molecule has 3 heteroatoms. The van der Waals surface area contributed by atoms with Gasteiger partial charge in [0.2, 0.25) is 0 Å². The zero-order valence-electron chi connectivity index (χ0n) is 14.7. The molecule has 0 aliphatic carbocycles. The number of benzene rings is 2. The van der Waals surface area contributed by atoms with Crippen LogP contribution in [-0.4, -0.2) is 17.1 Å². The third-order valence-electron chi connectivity index (χ3n) is 3.97. The predicted molar refractivity (Wildman–Crippen MR) is 104 cm³/mol. The summed E-state index contributed by atoms with van der Waals surface area (Å²) < 4.78 is 0. The van der Waals surface area contributed by atoms with Gasteiger partial charge in [0.1, 0.15) is 0 Å². The maximum Gasteiger partial charge on any atom is 0.173 e. The van der Waals surface area contributed by atoms with Gasteiger partial charge in [-0.3, -0.25) is 0 Å². The number of hydrogen-bond acceptors (Lipinski definition) is 1. The lowest BCUT2D eigenvalue weighted by molar-refractivity contribution is 0.508. The molecule has 23 heavy (non-hydrogen) atoms. The fourth-order valence-electron chi connectivity index (χ4n) is 2.38. The monoisotopic (exact) mass is 326 g/mol. The minimum absolute atomic E-state index is 0.187. The molecule has 0 aliphatic rings. The van der Waals surface area contributed by atoms with Gasteiger partial charge >= 0.3 is 0 Å². The second-order valence-corrected chi connectivity index (χ2v) is 7.43. The van der Waals surface area contributed by atoms with Crippen molar-refractivity contribution in [2.75, 3.05) is 12.4 Å². The molecule has 0 saturated heterocycles. The summed E-state index contributed by atoms with van der Waals surface area (Å²) in [6.07, 6.45) is 0. The summed E-state index contributed by atoms with van der Waals surface area (Å²) >= 11 is 5.52. The van der Waals surface area contributed by atoms with Crippen molar-refractivity contribution < 1.29 is 0 Å². The largest absolute Gasteiger partial charge is 0.348 e. The van der Waals surface area contributed by atoms with Gasteiger partial charge in [0.15, 0.2) is 5.11 Å². The van der Waals surface area contributed by atoms with Crippen LogP contribution in [0.15, 0.2) is 48.5 Å². The Hall–Kier alpha value is -1.87. The summed E-state index contributed by atoms with van der Waals surface area (Å²) in [6.45, 7) is 9.57. The van der Waals surface area contributed by atoms with E-state index in [4.69, 9.17) is 12.2 Å². The number of rotatable bonds is 3. The third-order valence-corrected chi connectivity index (χ3v) is 4.39. The van der Waals surface area contributed by atoms with Gasteiger partial charge in [-0.1, -0.05) is 63.2 Å². The molecule has 0 atom stereocenters. The van der Waals surface area contributed by atoms with Crippen LogP contribution in [0.25, 0.3) is 0 Å². The van der Waals surface area contributed by atoms with E-state index in [0.29, 0.717) is 0 Å². The molecule has 0 aromatic heterocycles. The van der Waals surface area contributed by atoms with Crippen molar-refractivity contribution in [2.45, 2.75) is 39.7 Å². The third kappa shape index (κ3) is 4.80. The van der Waals surface area contributed by atoms with Crippen LogP contribution < -0.4 is 5.32 Å². The molecule has 1 N–H and O–H groups in total. The molecule has 0 radical (unpaired) electrons. The molecule has 2 aromatic rings. The highest BCUT2D eigenvalue weighted by molar-refractivity contribution is 7.80. The molecular formula is C20H26N2S. The first kappa shape index (κ1) is 17.5. The SMILES string of the molecule is Cc1ccccc1NC(=S)N(C)Cc1ccc(C(C)(C)C)cc1. The van der Waals surface area contributed by atoms with Crippen molar-refractivity contribution in [2.24, 2.45) is 0 Å². The lowest BCUT2D eigenvalue weighted by Gasteiger charge is -2.23. The van der Waals surface area contributed by atoms with Gasteiger partial charge in [-0.05, 0) is 47.3 Å². The first-order valence-corrected chi connectivity index (χ1v) is 8.35. The normalized spacial score (nSPS) is 11.2. The molecule has 122 valence electrons. The zero-order valence-corrected chi connectivity index (χ0v) is 15.5. The number of nitrogens with zero attached hydrogens (tertiary/aromatic N) is 1. The molecule has 0 bridgehead atoms. The van der Waals surface area contributed by atoms with E-state index in [1.165, 1.54) is 16.7 Å². The van der Waals surface area contributed by atoms with Crippen LogP contribution in [0.4, 0.5) is 5.69 Å². The minimum atomic E-state index is 0.187. The van der Waals surface area contributed by atoms with Crippen LogP contribution in [0.3, 0.4) is 0 Å². The molecule has 0 unspecified atom stereocenters. The Morgan fingerprint density at radius 1 is 1.04 bits per heavy atom. The lowest BCUT2D eigenvalue weighted by atomic mass is 9.87. The molecular weight excluding hydrogens is 300 g/mol. The van der Waals surface area contributed by atoms with Gasteiger partial charge < -0.3 is 10.2 Å². The Bertz CT molecular complexity index is 669. The Balaban J connectivity index is 2.00.